The Morgan fingerprint density at radius 3 is 3.07 bits per heavy atom. The molecule has 0 spiro atoms. The molecule has 4 nitrogen and oxygen atoms in total. The summed E-state index contributed by atoms with van der Waals surface area (Å²) in [5.74, 6) is 0. The number of benzene rings is 1. The van der Waals surface area contributed by atoms with E-state index in [-0.39, 0.29) is 6.04 Å². The van der Waals surface area contributed by atoms with Crippen LogP contribution < -0.4 is 10.6 Å². The Bertz CT molecular complexity index is 352. The highest BCUT2D eigenvalue weighted by atomic mass is 16.4. The second kappa shape index (κ2) is 3.57. The second-order valence-corrected chi connectivity index (χ2v) is 3.39. The third-order valence-electron chi connectivity index (χ3n) is 2.35. The van der Waals surface area contributed by atoms with Crippen LogP contribution in [0.3, 0.4) is 0 Å². The van der Waals surface area contributed by atoms with E-state index in [0.29, 0.717) is 6.54 Å². The van der Waals surface area contributed by atoms with E-state index >= 15 is 0 Å². The third kappa shape index (κ3) is 1.79. The molecule has 0 saturated heterocycles. The van der Waals surface area contributed by atoms with E-state index in [1.807, 2.05) is 24.3 Å². The molecule has 4 heteroatoms. The van der Waals surface area contributed by atoms with Crippen LogP contribution in [0.1, 0.15) is 5.56 Å². The number of carboxylic acid groups (broad SMARTS) is 1. The number of hydrogen-bond acceptors (Lipinski definition) is 2. The fraction of sp³-hybridized carbons (Fsp3) is 0.300. The van der Waals surface area contributed by atoms with Gasteiger partial charge >= 0.3 is 6.09 Å². The van der Waals surface area contributed by atoms with Crippen molar-refractivity contribution >= 4 is 11.8 Å². The molecule has 0 fully saturated rings. The Morgan fingerprint density at radius 1 is 1.50 bits per heavy atom. The van der Waals surface area contributed by atoms with Gasteiger partial charge in [-0.15, -0.1) is 0 Å². The van der Waals surface area contributed by atoms with Gasteiger partial charge in [-0.3, -0.25) is 0 Å². The first kappa shape index (κ1) is 8.87. The molecular weight excluding hydrogens is 180 g/mol. The van der Waals surface area contributed by atoms with Crippen LogP contribution in [0.15, 0.2) is 24.3 Å². The van der Waals surface area contributed by atoms with Gasteiger partial charge in [-0.25, -0.2) is 4.79 Å². The minimum atomic E-state index is -0.962. The second-order valence-electron chi connectivity index (χ2n) is 3.39. The highest BCUT2D eigenvalue weighted by Gasteiger charge is 2.18. The smallest absolute Gasteiger partial charge is 0.404 e. The van der Waals surface area contributed by atoms with Gasteiger partial charge in [0.15, 0.2) is 0 Å². The molecule has 0 bridgehead atoms. The van der Waals surface area contributed by atoms with E-state index < -0.39 is 6.09 Å². The van der Waals surface area contributed by atoms with E-state index in [1.54, 1.807) is 0 Å². The summed E-state index contributed by atoms with van der Waals surface area (Å²) in [6, 6.07) is 7.92. The minimum absolute atomic E-state index is 0.0256. The van der Waals surface area contributed by atoms with E-state index in [1.165, 1.54) is 0 Å². The lowest BCUT2D eigenvalue weighted by Crippen LogP contribution is -2.42. The molecule has 1 atom stereocenters. The Labute approximate surface area is 81.9 Å². The molecule has 1 amide bonds. The maximum atomic E-state index is 10.4. The highest BCUT2D eigenvalue weighted by Crippen LogP contribution is 2.20. The van der Waals surface area contributed by atoms with Crippen LogP contribution in [-0.2, 0) is 6.42 Å². The lowest BCUT2D eigenvalue weighted by Gasteiger charge is -2.25. The van der Waals surface area contributed by atoms with E-state index in [0.717, 1.165) is 17.7 Å². The molecule has 0 aromatic heterocycles. The van der Waals surface area contributed by atoms with Crippen molar-refractivity contribution in [1.82, 2.24) is 5.32 Å². The summed E-state index contributed by atoms with van der Waals surface area (Å²) in [7, 11) is 0. The van der Waals surface area contributed by atoms with Crippen LogP contribution in [0.25, 0.3) is 0 Å². The molecule has 1 aromatic carbocycles. The zero-order valence-corrected chi connectivity index (χ0v) is 7.66. The fourth-order valence-electron chi connectivity index (χ4n) is 1.72. The topological polar surface area (TPSA) is 61.4 Å². The van der Waals surface area contributed by atoms with E-state index in [9.17, 15) is 4.79 Å². The van der Waals surface area contributed by atoms with Crippen LogP contribution in [0, 0.1) is 0 Å². The number of para-hydroxylation sites is 1. The van der Waals surface area contributed by atoms with Crippen LogP contribution in [0.2, 0.25) is 0 Å². The predicted molar refractivity (Wildman–Crippen MR) is 53.6 cm³/mol. The Morgan fingerprint density at radius 2 is 2.29 bits per heavy atom. The predicted octanol–water partition coefficient (Wildman–Crippen LogP) is 1.29. The van der Waals surface area contributed by atoms with Crippen molar-refractivity contribution in [1.29, 1.82) is 0 Å². The number of carbonyl (C=O) groups is 1. The summed E-state index contributed by atoms with van der Waals surface area (Å²) < 4.78 is 0. The number of hydrogen-bond donors (Lipinski definition) is 3. The first-order chi connectivity index (χ1) is 6.75. The summed E-state index contributed by atoms with van der Waals surface area (Å²) in [4.78, 5) is 10.4. The summed E-state index contributed by atoms with van der Waals surface area (Å²) in [6.07, 6.45) is -0.202. The van der Waals surface area contributed by atoms with Crippen LogP contribution in [-0.4, -0.2) is 23.8 Å². The van der Waals surface area contributed by atoms with Gasteiger partial charge in [-0.2, -0.15) is 0 Å². The SMILES string of the molecule is O=C(O)NC1CNc2ccccc2C1. The van der Waals surface area contributed by atoms with Gasteiger partial charge in [0.1, 0.15) is 0 Å². The Balaban J connectivity index is 2.09. The fourth-order valence-corrected chi connectivity index (χ4v) is 1.72. The van der Waals surface area contributed by atoms with Crippen LogP contribution in [0.4, 0.5) is 10.5 Å². The van der Waals surface area contributed by atoms with Gasteiger partial charge in [-0.1, -0.05) is 18.2 Å². The first-order valence-electron chi connectivity index (χ1n) is 4.57. The molecule has 1 aromatic rings. The molecule has 2 rings (SSSR count). The number of amides is 1. The first-order valence-corrected chi connectivity index (χ1v) is 4.57. The normalized spacial score (nSPS) is 19.3. The maximum Gasteiger partial charge on any atom is 0.404 e. The summed E-state index contributed by atoms with van der Waals surface area (Å²) in [5, 5.41) is 14.2. The molecule has 0 saturated carbocycles. The molecule has 1 heterocycles. The lowest BCUT2D eigenvalue weighted by molar-refractivity contribution is 0.190. The van der Waals surface area contributed by atoms with Crippen LogP contribution in [0.5, 0.6) is 0 Å². The molecule has 0 radical (unpaired) electrons. The molecule has 1 aliphatic heterocycles. The zero-order valence-electron chi connectivity index (χ0n) is 7.66. The molecule has 1 aliphatic rings. The largest absolute Gasteiger partial charge is 0.465 e. The van der Waals surface area contributed by atoms with Gasteiger partial charge in [0, 0.05) is 12.2 Å². The average molecular weight is 192 g/mol. The van der Waals surface area contributed by atoms with Gasteiger partial charge in [0.25, 0.3) is 0 Å². The van der Waals surface area contributed by atoms with Crippen molar-refractivity contribution < 1.29 is 9.90 Å². The maximum absolute atomic E-state index is 10.4. The average Bonchev–Trinajstić information content (AvgIpc) is 2.17. The van der Waals surface area contributed by atoms with Crippen molar-refractivity contribution in [2.75, 3.05) is 11.9 Å². The zero-order chi connectivity index (χ0) is 9.97. The quantitative estimate of drug-likeness (QED) is 0.628. The molecule has 1 unspecified atom stereocenters. The highest BCUT2D eigenvalue weighted by molar-refractivity contribution is 5.65. The molecule has 0 aliphatic carbocycles. The van der Waals surface area contributed by atoms with Crippen molar-refractivity contribution in [3.8, 4) is 0 Å². The molecule has 14 heavy (non-hydrogen) atoms. The summed E-state index contributed by atoms with van der Waals surface area (Å²) >= 11 is 0. The van der Waals surface area contributed by atoms with Crippen molar-refractivity contribution in [2.45, 2.75) is 12.5 Å². The van der Waals surface area contributed by atoms with Gasteiger partial charge < -0.3 is 15.7 Å². The monoisotopic (exact) mass is 192 g/mol. The molecule has 3 N–H and O–H groups in total. The third-order valence-corrected chi connectivity index (χ3v) is 2.35. The van der Waals surface area contributed by atoms with E-state index in [4.69, 9.17) is 5.11 Å². The number of fused-ring (bicyclic) bond motifs is 1. The Hall–Kier alpha value is -1.71. The van der Waals surface area contributed by atoms with Gasteiger partial charge in [0.2, 0.25) is 0 Å². The number of anilines is 1. The van der Waals surface area contributed by atoms with Crippen LogP contribution >= 0.6 is 0 Å². The molecule has 74 valence electrons. The Kier molecular flexibility index (Phi) is 2.26. The number of nitrogens with one attached hydrogen (secondary N) is 2. The standard InChI is InChI=1S/C10H12N2O2/c13-10(14)12-8-5-7-3-1-2-4-9(7)11-6-8/h1-4,8,11-12H,5-6H2,(H,13,14). The summed E-state index contributed by atoms with van der Waals surface area (Å²) in [6.45, 7) is 0.656. The van der Waals surface area contributed by atoms with E-state index in [2.05, 4.69) is 10.6 Å². The lowest BCUT2D eigenvalue weighted by atomic mass is 10.00. The number of rotatable bonds is 1. The minimum Gasteiger partial charge on any atom is -0.465 e. The van der Waals surface area contributed by atoms with Gasteiger partial charge in [0.05, 0.1) is 6.04 Å². The molecular formula is C10H12N2O2. The summed E-state index contributed by atoms with van der Waals surface area (Å²) in [5.41, 5.74) is 2.27. The van der Waals surface area contributed by atoms with Crippen molar-refractivity contribution in [3.05, 3.63) is 29.8 Å². The van der Waals surface area contributed by atoms with Crippen molar-refractivity contribution in [3.63, 3.8) is 0 Å². The van der Waals surface area contributed by atoms with Gasteiger partial charge in [-0.05, 0) is 18.1 Å². The van der Waals surface area contributed by atoms with Crippen molar-refractivity contribution in [2.24, 2.45) is 0 Å².